The summed E-state index contributed by atoms with van der Waals surface area (Å²) in [7, 11) is 0. The molecule has 4 heterocycles. The number of ether oxygens (including phenoxy) is 1. The van der Waals surface area contributed by atoms with Crippen molar-refractivity contribution >= 4 is 44.9 Å². The summed E-state index contributed by atoms with van der Waals surface area (Å²) in [4.78, 5) is 9.78. The van der Waals surface area contributed by atoms with Crippen molar-refractivity contribution in [2.45, 2.75) is 0 Å². The zero-order valence-corrected chi connectivity index (χ0v) is 27.5. The van der Waals surface area contributed by atoms with Crippen LogP contribution in [-0.2, 0) is 0 Å². The van der Waals surface area contributed by atoms with Gasteiger partial charge in [0.2, 0.25) is 6.71 Å². The van der Waals surface area contributed by atoms with E-state index >= 15 is 0 Å². The smallest absolute Gasteiger partial charge is 0.244 e. The quantitative estimate of drug-likeness (QED) is 0.175. The van der Waals surface area contributed by atoms with Gasteiger partial charge in [-0.1, -0.05) is 120 Å². The zero-order valence-electron chi connectivity index (χ0n) is 27.5. The molecule has 2 aliphatic heterocycles. The average Bonchev–Trinajstić information content (AvgIpc) is 3.74. The van der Waals surface area contributed by atoms with E-state index in [2.05, 4.69) is 125 Å². The van der Waals surface area contributed by atoms with Gasteiger partial charge in [0.15, 0.2) is 0 Å². The van der Waals surface area contributed by atoms with Crippen LogP contribution in [0.15, 0.2) is 170 Å². The molecule has 0 saturated carbocycles. The number of hydrogen-bond acceptors (Lipinski definition) is 3. The van der Waals surface area contributed by atoms with Crippen molar-refractivity contribution in [1.29, 1.82) is 0 Å². The van der Waals surface area contributed by atoms with E-state index in [0.717, 1.165) is 50.9 Å². The van der Waals surface area contributed by atoms with Crippen molar-refractivity contribution in [3.05, 3.63) is 170 Å². The van der Waals surface area contributed by atoms with Gasteiger partial charge in [0.05, 0.1) is 16.7 Å². The summed E-state index contributed by atoms with van der Waals surface area (Å²) < 4.78 is 8.80. The maximum Gasteiger partial charge on any atom is 0.244 e. The van der Waals surface area contributed by atoms with Crippen molar-refractivity contribution in [2.24, 2.45) is 0 Å². The van der Waals surface area contributed by atoms with Gasteiger partial charge in [-0.15, -0.1) is 0 Å². The number of imidazole rings is 1. The Hall–Kier alpha value is -6.72. The average molecular weight is 650 g/mol. The zero-order chi connectivity index (χ0) is 33.5. The van der Waals surface area contributed by atoms with E-state index in [-0.39, 0.29) is 6.71 Å². The largest absolute Gasteiger partial charge is 0.457 e. The molecule has 7 aromatic carbocycles. The van der Waals surface area contributed by atoms with Crippen LogP contribution in [0.3, 0.4) is 0 Å². The normalized spacial score (nSPS) is 12.3. The second-order valence-corrected chi connectivity index (χ2v) is 13.4. The van der Waals surface area contributed by atoms with Crippen molar-refractivity contribution in [3.63, 3.8) is 0 Å². The molecule has 0 fully saturated rings. The molecule has 2 aromatic heterocycles. The van der Waals surface area contributed by atoms with Gasteiger partial charge < -0.3 is 4.74 Å². The van der Waals surface area contributed by atoms with E-state index in [1.165, 1.54) is 49.4 Å². The van der Waals surface area contributed by atoms with Crippen LogP contribution < -0.4 is 21.1 Å². The fourth-order valence-corrected chi connectivity index (χ4v) is 8.40. The standard InChI is InChI=1S/C46H28BN3O/c1-2-19-39-35(17-1)37-27-32(28-38-36-18-9-11-29-12-10-20-40(44(29)36)47(39)45(37)38)50-43-23-4-3-22-42(43)49-46(50)31-14-8-16-34(26-31)51-33-15-7-13-30(25-33)41-21-5-6-24-48-41/h1-28H. The lowest BCUT2D eigenvalue weighted by molar-refractivity contribution is 0.483. The number of fused-ring (bicyclic) bond motifs is 6. The lowest BCUT2D eigenvalue weighted by Crippen LogP contribution is -2.51. The third-order valence-electron chi connectivity index (χ3n) is 10.5. The minimum absolute atomic E-state index is 0.211. The molecule has 0 bridgehead atoms. The van der Waals surface area contributed by atoms with Crippen LogP contribution in [0.5, 0.6) is 11.5 Å². The molecule has 0 spiro atoms. The van der Waals surface area contributed by atoms with Crippen LogP contribution in [0.4, 0.5) is 0 Å². The molecular weight excluding hydrogens is 621 g/mol. The third-order valence-corrected chi connectivity index (χ3v) is 10.5. The van der Waals surface area contributed by atoms with Crippen LogP contribution in [-0.4, -0.2) is 21.2 Å². The first kappa shape index (κ1) is 28.2. The van der Waals surface area contributed by atoms with Gasteiger partial charge in [0, 0.05) is 23.0 Å². The van der Waals surface area contributed by atoms with Crippen LogP contribution in [0.25, 0.3) is 72.4 Å². The summed E-state index contributed by atoms with van der Waals surface area (Å²) in [6.45, 7) is 0.211. The highest BCUT2D eigenvalue weighted by molar-refractivity contribution is 7.02. The van der Waals surface area contributed by atoms with E-state index in [9.17, 15) is 0 Å². The molecule has 2 aliphatic rings. The van der Waals surface area contributed by atoms with Gasteiger partial charge in [0.1, 0.15) is 17.3 Å². The highest BCUT2D eigenvalue weighted by Crippen LogP contribution is 2.40. The summed E-state index contributed by atoms with van der Waals surface area (Å²) in [5.41, 5.74) is 15.4. The number of rotatable bonds is 5. The van der Waals surface area contributed by atoms with Crippen molar-refractivity contribution < 1.29 is 4.74 Å². The number of aromatic nitrogens is 3. The van der Waals surface area contributed by atoms with Crippen LogP contribution in [0.1, 0.15) is 0 Å². The number of para-hydroxylation sites is 2. The van der Waals surface area contributed by atoms with Crippen molar-refractivity contribution in [2.75, 3.05) is 0 Å². The topological polar surface area (TPSA) is 39.9 Å². The maximum atomic E-state index is 6.48. The molecule has 0 atom stereocenters. The Morgan fingerprint density at radius 1 is 0.529 bits per heavy atom. The second-order valence-electron chi connectivity index (χ2n) is 13.4. The fraction of sp³-hybridized carbons (Fsp3) is 0. The number of benzene rings is 7. The summed E-state index contributed by atoms with van der Waals surface area (Å²) in [6.07, 6.45) is 1.81. The number of nitrogens with zero attached hydrogens (tertiary/aromatic N) is 3. The Morgan fingerprint density at radius 2 is 1.22 bits per heavy atom. The molecule has 5 heteroatoms. The first-order chi connectivity index (χ1) is 25.3. The van der Waals surface area contributed by atoms with Crippen LogP contribution in [0.2, 0.25) is 0 Å². The maximum absolute atomic E-state index is 6.48. The van der Waals surface area contributed by atoms with Gasteiger partial charge in [-0.2, -0.15) is 0 Å². The Kier molecular flexibility index (Phi) is 6.01. The molecule has 0 aliphatic carbocycles. The minimum Gasteiger partial charge on any atom is -0.457 e. The van der Waals surface area contributed by atoms with E-state index in [1.54, 1.807) is 0 Å². The first-order valence-electron chi connectivity index (χ1n) is 17.4. The number of hydrogen-bond donors (Lipinski definition) is 0. The van der Waals surface area contributed by atoms with Crippen LogP contribution in [0, 0.1) is 0 Å². The molecular formula is C46H28BN3O. The van der Waals surface area contributed by atoms with E-state index in [0.29, 0.717) is 0 Å². The highest BCUT2D eigenvalue weighted by Gasteiger charge is 2.40. The van der Waals surface area contributed by atoms with E-state index < -0.39 is 0 Å². The van der Waals surface area contributed by atoms with E-state index in [4.69, 9.17) is 9.72 Å². The van der Waals surface area contributed by atoms with Gasteiger partial charge in [-0.3, -0.25) is 9.55 Å². The summed E-state index contributed by atoms with van der Waals surface area (Å²) in [5.74, 6) is 2.37. The molecule has 9 aromatic rings. The lowest BCUT2D eigenvalue weighted by Gasteiger charge is -2.26. The molecule has 0 saturated heterocycles. The molecule has 4 nitrogen and oxygen atoms in total. The monoisotopic (exact) mass is 649 g/mol. The molecule has 0 N–H and O–H groups in total. The molecule has 11 rings (SSSR count). The predicted octanol–water partition coefficient (Wildman–Crippen LogP) is 9.18. The molecule has 0 unspecified atom stereocenters. The fourth-order valence-electron chi connectivity index (χ4n) is 8.40. The Bertz CT molecular complexity index is 2850. The van der Waals surface area contributed by atoms with Gasteiger partial charge in [-0.25, -0.2) is 4.98 Å². The van der Waals surface area contributed by atoms with Gasteiger partial charge >= 0.3 is 0 Å². The first-order valence-corrected chi connectivity index (χ1v) is 17.4. The third kappa shape index (κ3) is 4.28. The number of pyridine rings is 1. The molecule has 51 heavy (non-hydrogen) atoms. The van der Waals surface area contributed by atoms with Crippen molar-refractivity contribution in [1.82, 2.24) is 14.5 Å². The lowest BCUT2D eigenvalue weighted by atomic mass is 9.36. The highest BCUT2D eigenvalue weighted by atomic mass is 16.5. The Balaban J connectivity index is 1.09. The molecule has 0 amide bonds. The summed E-state index contributed by atoms with van der Waals surface area (Å²) in [6, 6.07) is 57.9. The Morgan fingerprint density at radius 3 is 2.08 bits per heavy atom. The second kappa shape index (κ2) is 10.9. The minimum atomic E-state index is 0.211. The van der Waals surface area contributed by atoms with Crippen molar-refractivity contribution in [3.8, 4) is 62.1 Å². The summed E-state index contributed by atoms with van der Waals surface area (Å²) >= 11 is 0. The SMILES string of the molecule is c1ccc(-c2cccc(Oc3cccc(-c4nc5ccccc5n4-c4cc5c6c(c4)-c4cccc7cccc(c47)B6c4ccccc4-5)c3)c2)nc1. The Labute approximate surface area is 295 Å². The summed E-state index contributed by atoms with van der Waals surface area (Å²) in [5, 5.41) is 2.63. The molecule has 0 radical (unpaired) electrons. The predicted molar refractivity (Wildman–Crippen MR) is 209 cm³/mol. The van der Waals surface area contributed by atoms with Gasteiger partial charge in [-0.05, 0) is 93.7 Å². The van der Waals surface area contributed by atoms with E-state index in [1.807, 2.05) is 54.7 Å². The van der Waals surface area contributed by atoms with Gasteiger partial charge in [0.25, 0.3) is 0 Å². The molecule has 236 valence electrons. The van der Waals surface area contributed by atoms with Crippen LogP contribution >= 0.6 is 0 Å².